The Balaban J connectivity index is 2.31. The van der Waals surface area contributed by atoms with E-state index in [1.807, 2.05) is 18.7 Å². The summed E-state index contributed by atoms with van der Waals surface area (Å²) >= 11 is 0. The Bertz CT molecular complexity index is 870. The first-order valence-electron chi connectivity index (χ1n) is 8.30. The minimum absolute atomic E-state index is 0.0405. The van der Waals surface area contributed by atoms with Crippen LogP contribution in [0.3, 0.4) is 0 Å². The molecule has 9 nitrogen and oxygen atoms in total. The molecule has 2 N–H and O–H groups in total. The molecule has 26 heavy (non-hydrogen) atoms. The van der Waals surface area contributed by atoms with Crippen LogP contribution in [-0.2, 0) is 19.3 Å². The predicted octanol–water partition coefficient (Wildman–Crippen LogP) is 0.231. The molecule has 3 heterocycles. The lowest BCUT2D eigenvalue weighted by Gasteiger charge is -2.51. The van der Waals surface area contributed by atoms with Gasteiger partial charge in [-0.1, -0.05) is 0 Å². The number of amides is 1. The number of hydrogen-bond donors (Lipinski definition) is 1. The van der Waals surface area contributed by atoms with Crippen molar-refractivity contribution in [3.05, 3.63) is 11.5 Å². The van der Waals surface area contributed by atoms with Gasteiger partial charge in [-0.2, -0.15) is 0 Å². The lowest BCUT2D eigenvalue weighted by molar-refractivity contribution is 0.00696. The van der Waals surface area contributed by atoms with Crippen molar-refractivity contribution < 1.29 is 22.7 Å². The second kappa shape index (κ2) is 5.78. The highest BCUT2D eigenvalue weighted by Gasteiger charge is 2.48. The standard InChI is InChI=1S/C16H24N4O5S/c1-9-6-24-7-16(4)8-25-10-11(15(2,3)26(5,22)23)18-13(12(17)21)19-14(10)20(9)16/h9H,6-8H2,1-5H3,(H2,17,21)/t9-,16+/m1/s1. The average molecular weight is 384 g/mol. The maximum atomic E-state index is 12.4. The minimum atomic E-state index is -3.56. The molecule has 0 spiro atoms. The van der Waals surface area contributed by atoms with Gasteiger partial charge in [-0.25, -0.2) is 18.4 Å². The molecule has 10 heteroatoms. The van der Waals surface area contributed by atoms with Crippen LogP contribution in [0.5, 0.6) is 5.75 Å². The van der Waals surface area contributed by atoms with E-state index in [4.69, 9.17) is 15.2 Å². The molecule has 0 aliphatic carbocycles. The second-order valence-electron chi connectivity index (χ2n) is 7.72. The Morgan fingerprint density at radius 1 is 1.35 bits per heavy atom. The van der Waals surface area contributed by atoms with Gasteiger partial charge in [0.2, 0.25) is 5.82 Å². The number of morpholine rings is 1. The zero-order chi connectivity index (χ0) is 19.5. The van der Waals surface area contributed by atoms with Gasteiger partial charge in [-0.15, -0.1) is 0 Å². The Kier molecular flexibility index (Phi) is 4.19. The van der Waals surface area contributed by atoms with Crippen LogP contribution in [-0.4, -0.2) is 62.0 Å². The Hall–Kier alpha value is -1.94. The molecule has 2 aliphatic heterocycles. The van der Waals surface area contributed by atoms with Gasteiger partial charge in [0.1, 0.15) is 17.0 Å². The molecule has 2 aliphatic rings. The fourth-order valence-electron chi connectivity index (χ4n) is 3.36. The molecule has 2 atom stereocenters. The fraction of sp³-hybridized carbons (Fsp3) is 0.688. The molecule has 1 aromatic rings. The lowest BCUT2D eigenvalue weighted by Crippen LogP contribution is -2.64. The van der Waals surface area contributed by atoms with Crippen molar-refractivity contribution in [2.24, 2.45) is 5.73 Å². The Morgan fingerprint density at radius 3 is 2.58 bits per heavy atom. The topological polar surface area (TPSA) is 125 Å². The monoisotopic (exact) mass is 384 g/mol. The number of rotatable bonds is 3. The molecule has 1 amide bonds. The minimum Gasteiger partial charge on any atom is -0.485 e. The van der Waals surface area contributed by atoms with E-state index in [1.54, 1.807) is 0 Å². The first kappa shape index (κ1) is 18.8. The number of fused-ring (bicyclic) bond motifs is 3. The first-order valence-corrected chi connectivity index (χ1v) is 10.2. The van der Waals surface area contributed by atoms with Crippen LogP contribution in [0.4, 0.5) is 5.82 Å². The lowest BCUT2D eigenvalue weighted by atomic mass is 9.95. The van der Waals surface area contributed by atoms with Gasteiger partial charge in [0, 0.05) is 6.26 Å². The van der Waals surface area contributed by atoms with Crippen LogP contribution in [0.1, 0.15) is 44.0 Å². The molecule has 0 bridgehead atoms. The highest BCUT2D eigenvalue weighted by atomic mass is 32.2. The van der Waals surface area contributed by atoms with Crippen LogP contribution in [0.15, 0.2) is 0 Å². The van der Waals surface area contributed by atoms with Crippen molar-refractivity contribution in [3.63, 3.8) is 0 Å². The molecule has 0 aromatic carbocycles. The number of nitrogens with zero attached hydrogens (tertiary/aromatic N) is 3. The third-order valence-corrected chi connectivity index (χ3v) is 7.16. The number of ether oxygens (including phenoxy) is 2. The van der Waals surface area contributed by atoms with Crippen LogP contribution < -0.4 is 15.4 Å². The van der Waals surface area contributed by atoms with Crippen LogP contribution in [0, 0.1) is 0 Å². The summed E-state index contributed by atoms with van der Waals surface area (Å²) in [6.45, 7) is 8.19. The third kappa shape index (κ3) is 2.71. The molecule has 1 saturated heterocycles. The molecule has 0 radical (unpaired) electrons. The maximum Gasteiger partial charge on any atom is 0.286 e. The zero-order valence-electron chi connectivity index (χ0n) is 15.6. The molecular weight excluding hydrogens is 360 g/mol. The summed E-state index contributed by atoms with van der Waals surface area (Å²) in [6.07, 6.45) is 1.12. The van der Waals surface area contributed by atoms with E-state index >= 15 is 0 Å². The van der Waals surface area contributed by atoms with Crippen LogP contribution in [0.2, 0.25) is 0 Å². The van der Waals surface area contributed by atoms with E-state index in [9.17, 15) is 13.2 Å². The molecule has 0 saturated carbocycles. The second-order valence-corrected chi connectivity index (χ2v) is 10.3. The number of carbonyl (C=O) groups is 1. The Labute approximate surface area is 152 Å². The maximum absolute atomic E-state index is 12.4. The SMILES string of the molecule is C[C@@H]1COC[C@@]2(C)COc3c(nc(C(N)=O)nc3C(C)(C)S(C)(=O)=O)N12. The van der Waals surface area contributed by atoms with Gasteiger partial charge >= 0.3 is 0 Å². The summed E-state index contributed by atoms with van der Waals surface area (Å²) in [6, 6.07) is -0.0405. The summed E-state index contributed by atoms with van der Waals surface area (Å²) in [4.78, 5) is 22.3. The predicted molar refractivity (Wildman–Crippen MR) is 95.1 cm³/mol. The summed E-state index contributed by atoms with van der Waals surface area (Å²) < 4.78 is 34.9. The molecular formula is C16H24N4O5S. The summed E-state index contributed by atoms with van der Waals surface area (Å²) in [5.74, 6) is -0.407. The van der Waals surface area contributed by atoms with E-state index < -0.39 is 26.0 Å². The van der Waals surface area contributed by atoms with Gasteiger partial charge in [0.05, 0.1) is 24.8 Å². The summed E-state index contributed by atoms with van der Waals surface area (Å²) in [5, 5.41) is 0. The molecule has 1 aromatic heterocycles. The van der Waals surface area contributed by atoms with E-state index in [1.165, 1.54) is 13.8 Å². The van der Waals surface area contributed by atoms with E-state index in [2.05, 4.69) is 9.97 Å². The molecule has 144 valence electrons. The highest BCUT2D eigenvalue weighted by Crippen LogP contribution is 2.45. The summed E-state index contributed by atoms with van der Waals surface area (Å²) in [5.41, 5.74) is 5.06. The molecule has 3 rings (SSSR count). The number of carbonyl (C=O) groups excluding carboxylic acids is 1. The number of primary amides is 1. The fourth-order valence-corrected chi connectivity index (χ4v) is 3.85. The number of sulfone groups is 1. The molecule has 0 unspecified atom stereocenters. The number of anilines is 1. The van der Waals surface area contributed by atoms with Gasteiger partial charge < -0.3 is 20.1 Å². The average Bonchev–Trinajstić information content (AvgIpc) is 2.51. The van der Waals surface area contributed by atoms with Gasteiger partial charge in [-0.3, -0.25) is 4.79 Å². The number of hydrogen-bond acceptors (Lipinski definition) is 8. The van der Waals surface area contributed by atoms with E-state index in [0.717, 1.165) is 6.26 Å². The first-order chi connectivity index (χ1) is 11.9. The van der Waals surface area contributed by atoms with Crippen LogP contribution in [0.25, 0.3) is 0 Å². The highest BCUT2D eigenvalue weighted by molar-refractivity contribution is 7.91. The number of nitrogens with two attached hydrogens (primary N) is 1. The number of aromatic nitrogens is 2. The van der Waals surface area contributed by atoms with Crippen molar-refractivity contribution in [1.29, 1.82) is 0 Å². The van der Waals surface area contributed by atoms with Crippen molar-refractivity contribution in [2.75, 3.05) is 31.0 Å². The zero-order valence-corrected chi connectivity index (χ0v) is 16.4. The van der Waals surface area contributed by atoms with Gasteiger partial charge in [-0.05, 0) is 27.7 Å². The van der Waals surface area contributed by atoms with Gasteiger partial charge in [0.15, 0.2) is 21.4 Å². The third-order valence-electron chi connectivity index (χ3n) is 5.12. The van der Waals surface area contributed by atoms with Crippen molar-refractivity contribution in [1.82, 2.24) is 9.97 Å². The molecule has 1 fully saturated rings. The Morgan fingerprint density at radius 2 is 2.00 bits per heavy atom. The van der Waals surface area contributed by atoms with Crippen LogP contribution >= 0.6 is 0 Å². The van der Waals surface area contributed by atoms with E-state index in [0.29, 0.717) is 19.0 Å². The van der Waals surface area contributed by atoms with Gasteiger partial charge in [0.25, 0.3) is 5.91 Å². The quantitative estimate of drug-likeness (QED) is 0.785. The summed E-state index contributed by atoms with van der Waals surface area (Å²) in [7, 11) is -3.56. The van der Waals surface area contributed by atoms with Crippen molar-refractivity contribution in [3.8, 4) is 5.75 Å². The van der Waals surface area contributed by atoms with E-state index in [-0.39, 0.29) is 29.9 Å². The van der Waals surface area contributed by atoms with Crippen molar-refractivity contribution >= 4 is 21.6 Å². The van der Waals surface area contributed by atoms with Crippen molar-refractivity contribution in [2.45, 2.75) is 44.0 Å². The largest absolute Gasteiger partial charge is 0.485 e. The normalized spacial score (nSPS) is 25.9. The smallest absolute Gasteiger partial charge is 0.286 e.